The van der Waals surface area contributed by atoms with Crippen molar-refractivity contribution in [3.63, 3.8) is 0 Å². The predicted molar refractivity (Wildman–Crippen MR) is 48.0 cm³/mol. The van der Waals surface area contributed by atoms with Gasteiger partial charge >= 0.3 is 5.97 Å². The first-order chi connectivity index (χ1) is 6.58. The highest BCUT2D eigenvalue weighted by Crippen LogP contribution is 2.09. The maximum Gasteiger partial charge on any atom is 0.344 e. The van der Waals surface area contributed by atoms with Gasteiger partial charge in [0, 0.05) is 6.07 Å². The van der Waals surface area contributed by atoms with Gasteiger partial charge in [-0.15, -0.1) is 0 Å². The van der Waals surface area contributed by atoms with Gasteiger partial charge in [0.15, 0.2) is 6.61 Å². The van der Waals surface area contributed by atoms with Gasteiger partial charge < -0.3 is 14.0 Å². The molecule has 0 aliphatic carbocycles. The van der Waals surface area contributed by atoms with E-state index in [1.807, 2.05) is 0 Å². The van der Waals surface area contributed by atoms with Crippen LogP contribution >= 0.6 is 0 Å². The Morgan fingerprint density at radius 1 is 1.64 bits per heavy atom. The topological polar surface area (TPSA) is 61.6 Å². The minimum atomic E-state index is -0.416. The number of hydrogen-bond acceptors (Lipinski definition) is 5. The zero-order chi connectivity index (χ0) is 10.6. The Balaban J connectivity index is 2.30. The number of ether oxygens (including phenoxy) is 2. The summed E-state index contributed by atoms with van der Waals surface area (Å²) < 4.78 is 14.6. The lowest BCUT2D eigenvalue weighted by Gasteiger charge is -2.07. The van der Waals surface area contributed by atoms with Crippen molar-refractivity contribution in [1.82, 2.24) is 5.16 Å². The Morgan fingerprint density at radius 3 is 2.86 bits per heavy atom. The summed E-state index contributed by atoms with van der Waals surface area (Å²) in [7, 11) is 0. The van der Waals surface area contributed by atoms with Crippen LogP contribution in [-0.2, 0) is 9.53 Å². The lowest BCUT2D eigenvalue weighted by atomic mass is 10.5. The molecule has 0 aromatic carbocycles. The van der Waals surface area contributed by atoms with E-state index in [0.717, 1.165) is 0 Å². The van der Waals surface area contributed by atoms with Gasteiger partial charge in [0.2, 0.25) is 0 Å². The Bertz CT molecular complexity index is 306. The van der Waals surface area contributed by atoms with Crippen molar-refractivity contribution in [2.75, 3.05) is 6.61 Å². The lowest BCUT2D eigenvalue weighted by molar-refractivity contribution is -0.149. The molecule has 0 saturated heterocycles. The van der Waals surface area contributed by atoms with Gasteiger partial charge in [-0.1, -0.05) is 0 Å². The lowest BCUT2D eigenvalue weighted by Crippen LogP contribution is -2.18. The molecule has 0 atom stereocenters. The van der Waals surface area contributed by atoms with Crippen molar-refractivity contribution >= 4 is 5.97 Å². The van der Waals surface area contributed by atoms with Crippen molar-refractivity contribution in [1.29, 1.82) is 0 Å². The molecule has 1 aromatic heterocycles. The molecule has 1 heterocycles. The van der Waals surface area contributed by atoms with Crippen LogP contribution in [0.3, 0.4) is 0 Å². The first-order valence-corrected chi connectivity index (χ1v) is 4.33. The summed E-state index contributed by atoms with van der Waals surface area (Å²) in [5.41, 5.74) is 0. The summed E-state index contributed by atoms with van der Waals surface area (Å²) in [6.45, 7) is 5.15. The number of aromatic nitrogens is 1. The highest BCUT2D eigenvalue weighted by molar-refractivity contribution is 5.71. The van der Waals surface area contributed by atoms with E-state index in [9.17, 15) is 4.79 Å². The molecule has 14 heavy (non-hydrogen) atoms. The van der Waals surface area contributed by atoms with Crippen LogP contribution in [-0.4, -0.2) is 23.8 Å². The molecule has 0 aliphatic rings. The second-order valence-electron chi connectivity index (χ2n) is 3.10. The van der Waals surface area contributed by atoms with Crippen LogP contribution in [0.25, 0.3) is 0 Å². The molecule has 5 heteroatoms. The normalized spacial score (nSPS) is 10.3. The Kier molecular flexibility index (Phi) is 3.50. The summed E-state index contributed by atoms with van der Waals surface area (Å²) in [4.78, 5) is 11.0. The van der Waals surface area contributed by atoms with E-state index in [1.165, 1.54) is 0 Å². The molecule has 1 rings (SSSR count). The third-order valence-corrected chi connectivity index (χ3v) is 1.31. The van der Waals surface area contributed by atoms with Gasteiger partial charge in [-0.05, 0) is 25.9 Å². The molecule has 0 fully saturated rings. The van der Waals surface area contributed by atoms with E-state index >= 15 is 0 Å². The monoisotopic (exact) mass is 199 g/mol. The van der Waals surface area contributed by atoms with Gasteiger partial charge in [-0.25, -0.2) is 4.79 Å². The van der Waals surface area contributed by atoms with Crippen LogP contribution in [0.2, 0.25) is 0 Å². The quantitative estimate of drug-likeness (QED) is 0.684. The Morgan fingerprint density at radius 2 is 2.36 bits per heavy atom. The highest BCUT2D eigenvalue weighted by Gasteiger charge is 2.08. The van der Waals surface area contributed by atoms with Crippen molar-refractivity contribution in [3.8, 4) is 5.88 Å². The molecule has 0 spiro atoms. The fourth-order valence-corrected chi connectivity index (χ4v) is 0.841. The van der Waals surface area contributed by atoms with Crippen molar-refractivity contribution in [2.24, 2.45) is 0 Å². The van der Waals surface area contributed by atoms with E-state index in [1.54, 1.807) is 26.8 Å². The third-order valence-electron chi connectivity index (χ3n) is 1.31. The molecule has 78 valence electrons. The Hall–Kier alpha value is -1.52. The van der Waals surface area contributed by atoms with E-state index in [-0.39, 0.29) is 12.7 Å². The number of carbonyl (C=O) groups is 1. The zero-order valence-electron chi connectivity index (χ0n) is 8.44. The molecule has 0 radical (unpaired) electrons. The van der Waals surface area contributed by atoms with Crippen LogP contribution < -0.4 is 4.74 Å². The minimum absolute atomic E-state index is 0.134. The fraction of sp³-hybridized carbons (Fsp3) is 0.556. The van der Waals surface area contributed by atoms with Crippen molar-refractivity contribution < 1.29 is 18.8 Å². The van der Waals surface area contributed by atoms with Crippen molar-refractivity contribution in [3.05, 3.63) is 11.8 Å². The highest BCUT2D eigenvalue weighted by atomic mass is 16.6. The standard InChI is InChI=1S/C9H13NO4/c1-6(2)13-9(11)5-12-8-4-7(3)14-10-8/h4,6H,5H2,1-3H3. The summed E-state index contributed by atoms with van der Waals surface area (Å²) in [6, 6.07) is 1.60. The summed E-state index contributed by atoms with van der Waals surface area (Å²) in [5.74, 6) is 0.515. The third kappa shape index (κ3) is 3.47. The smallest absolute Gasteiger partial charge is 0.344 e. The van der Waals surface area contributed by atoms with Gasteiger partial charge in [-0.2, -0.15) is 0 Å². The molecule has 5 nitrogen and oxygen atoms in total. The summed E-state index contributed by atoms with van der Waals surface area (Å²) in [6.07, 6.45) is -0.134. The van der Waals surface area contributed by atoms with Crippen LogP contribution in [0.1, 0.15) is 19.6 Å². The molecule has 0 N–H and O–H groups in total. The number of esters is 1. The van der Waals surface area contributed by atoms with E-state index in [2.05, 4.69) is 5.16 Å². The molecule has 1 aromatic rings. The van der Waals surface area contributed by atoms with E-state index in [0.29, 0.717) is 11.6 Å². The zero-order valence-corrected chi connectivity index (χ0v) is 8.44. The predicted octanol–water partition coefficient (Wildman–Crippen LogP) is 1.31. The molecular formula is C9H13NO4. The van der Waals surface area contributed by atoms with Crippen molar-refractivity contribution in [2.45, 2.75) is 26.9 Å². The van der Waals surface area contributed by atoms with E-state index < -0.39 is 5.97 Å². The summed E-state index contributed by atoms with van der Waals surface area (Å²) >= 11 is 0. The Labute approximate surface area is 82.0 Å². The average molecular weight is 199 g/mol. The van der Waals surface area contributed by atoms with E-state index in [4.69, 9.17) is 14.0 Å². The van der Waals surface area contributed by atoms with Crippen LogP contribution in [0, 0.1) is 6.92 Å². The van der Waals surface area contributed by atoms with Crippen LogP contribution in [0.4, 0.5) is 0 Å². The summed E-state index contributed by atoms with van der Waals surface area (Å²) in [5, 5.41) is 3.56. The number of carbonyl (C=O) groups excluding carboxylic acids is 1. The number of hydrogen-bond donors (Lipinski definition) is 0. The molecule has 0 aliphatic heterocycles. The number of aryl methyl sites for hydroxylation is 1. The first-order valence-electron chi connectivity index (χ1n) is 4.33. The minimum Gasteiger partial charge on any atom is -0.463 e. The van der Waals surface area contributed by atoms with Gasteiger partial charge in [0.1, 0.15) is 5.76 Å². The van der Waals surface area contributed by atoms with Gasteiger partial charge in [-0.3, -0.25) is 0 Å². The first kappa shape index (κ1) is 10.6. The molecule has 0 bridgehead atoms. The fourth-order valence-electron chi connectivity index (χ4n) is 0.841. The van der Waals surface area contributed by atoms with Gasteiger partial charge in [0.25, 0.3) is 5.88 Å². The molecule has 0 amide bonds. The van der Waals surface area contributed by atoms with Crippen LogP contribution in [0.5, 0.6) is 5.88 Å². The maximum atomic E-state index is 11.0. The molecular weight excluding hydrogens is 186 g/mol. The molecule has 0 unspecified atom stereocenters. The van der Waals surface area contributed by atoms with Gasteiger partial charge in [0.05, 0.1) is 6.10 Å². The maximum absolute atomic E-state index is 11.0. The average Bonchev–Trinajstić information content (AvgIpc) is 2.47. The number of nitrogens with zero attached hydrogens (tertiary/aromatic N) is 1. The SMILES string of the molecule is Cc1cc(OCC(=O)OC(C)C)no1. The second kappa shape index (κ2) is 4.64. The number of rotatable bonds is 4. The molecule has 0 saturated carbocycles. The second-order valence-corrected chi connectivity index (χ2v) is 3.10. The largest absolute Gasteiger partial charge is 0.463 e. The van der Waals surface area contributed by atoms with Crippen LogP contribution in [0.15, 0.2) is 10.6 Å².